The second-order valence-electron chi connectivity index (χ2n) is 4.87. The standard InChI is InChI=1S/C13H19N5O/c1-10-8-13(18-12(16-10)3-5-15-18)17-6-7-19-11(9-17)2-4-14/h3,5,8,11H,2,4,6-7,9,14H2,1H3/t11-/m0/s1. The fourth-order valence-electron chi connectivity index (χ4n) is 2.53. The zero-order chi connectivity index (χ0) is 13.2. The first-order valence-electron chi connectivity index (χ1n) is 6.66. The molecule has 0 unspecified atom stereocenters. The zero-order valence-electron chi connectivity index (χ0n) is 11.1. The van der Waals surface area contributed by atoms with E-state index < -0.39 is 0 Å². The Kier molecular flexibility index (Phi) is 3.35. The highest BCUT2D eigenvalue weighted by Crippen LogP contribution is 2.20. The minimum Gasteiger partial charge on any atom is -0.374 e. The van der Waals surface area contributed by atoms with Crippen LogP contribution in [0, 0.1) is 6.92 Å². The Bertz CT molecular complexity index is 565. The number of hydrogen-bond acceptors (Lipinski definition) is 5. The summed E-state index contributed by atoms with van der Waals surface area (Å²) in [5, 5.41) is 4.35. The Balaban J connectivity index is 1.92. The average Bonchev–Trinajstić information content (AvgIpc) is 2.86. The minimum atomic E-state index is 0.206. The number of nitrogens with two attached hydrogens (primary N) is 1. The monoisotopic (exact) mass is 261 g/mol. The van der Waals surface area contributed by atoms with Gasteiger partial charge in [-0.15, -0.1) is 0 Å². The number of ether oxygens (including phenoxy) is 1. The lowest BCUT2D eigenvalue weighted by Crippen LogP contribution is -2.44. The van der Waals surface area contributed by atoms with E-state index in [1.54, 1.807) is 6.20 Å². The summed E-state index contributed by atoms with van der Waals surface area (Å²) >= 11 is 0. The molecule has 102 valence electrons. The van der Waals surface area contributed by atoms with Crippen LogP contribution in [0.4, 0.5) is 5.82 Å². The van der Waals surface area contributed by atoms with Gasteiger partial charge in [0.1, 0.15) is 5.82 Å². The highest BCUT2D eigenvalue weighted by atomic mass is 16.5. The Morgan fingerprint density at radius 3 is 3.26 bits per heavy atom. The maximum atomic E-state index is 5.73. The molecule has 2 aromatic rings. The summed E-state index contributed by atoms with van der Waals surface area (Å²) < 4.78 is 7.61. The SMILES string of the molecule is Cc1cc(N2CCO[C@@H](CCN)C2)n2nccc2n1. The molecule has 3 heterocycles. The molecule has 0 radical (unpaired) electrons. The molecule has 1 fully saturated rings. The van der Waals surface area contributed by atoms with Crippen molar-refractivity contribution in [2.75, 3.05) is 31.1 Å². The van der Waals surface area contributed by atoms with Crippen molar-refractivity contribution in [2.24, 2.45) is 5.73 Å². The van der Waals surface area contributed by atoms with Gasteiger partial charge in [0, 0.05) is 30.9 Å². The topological polar surface area (TPSA) is 68.7 Å². The second kappa shape index (κ2) is 5.14. The van der Waals surface area contributed by atoms with Crippen LogP contribution in [0.3, 0.4) is 0 Å². The van der Waals surface area contributed by atoms with Crippen molar-refractivity contribution in [1.29, 1.82) is 0 Å². The molecule has 6 nitrogen and oxygen atoms in total. The van der Waals surface area contributed by atoms with Crippen LogP contribution >= 0.6 is 0 Å². The van der Waals surface area contributed by atoms with Crippen LogP contribution in [0.15, 0.2) is 18.3 Å². The number of aryl methyl sites for hydroxylation is 1. The van der Waals surface area contributed by atoms with E-state index in [-0.39, 0.29) is 6.10 Å². The molecule has 1 aliphatic heterocycles. The first kappa shape index (κ1) is 12.4. The Morgan fingerprint density at radius 1 is 1.53 bits per heavy atom. The van der Waals surface area contributed by atoms with Crippen molar-refractivity contribution < 1.29 is 4.74 Å². The molecule has 0 amide bonds. The molecule has 0 aromatic carbocycles. The third-order valence-corrected chi connectivity index (χ3v) is 3.42. The van der Waals surface area contributed by atoms with Gasteiger partial charge in [-0.05, 0) is 19.9 Å². The van der Waals surface area contributed by atoms with Gasteiger partial charge in [0.05, 0.1) is 18.9 Å². The number of fused-ring (bicyclic) bond motifs is 1. The van der Waals surface area contributed by atoms with Gasteiger partial charge >= 0.3 is 0 Å². The van der Waals surface area contributed by atoms with Crippen LogP contribution in [0.2, 0.25) is 0 Å². The molecule has 1 atom stereocenters. The maximum Gasteiger partial charge on any atom is 0.157 e. The molecule has 6 heteroatoms. The van der Waals surface area contributed by atoms with Gasteiger partial charge in [-0.3, -0.25) is 0 Å². The quantitative estimate of drug-likeness (QED) is 0.876. The largest absolute Gasteiger partial charge is 0.374 e. The summed E-state index contributed by atoms with van der Waals surface area (Å²) in [6, 6.07) is 4.00. The summed E-state index contributed by atoms with van der Waals surface area (Å²) in [4.78, 5) is 6.77. The van der Waals surface area contributed by atoms with Crippen LogP contribution < -0.4 is 10.6 Å². The third-order valence-electron chi connectivity index (χ3n) is 3.42. The normalized spacial score (nSPS) is 20.1. The molecule has 2 aromatic heterocycles. The van der Waals surface area contributed by atoms with Crippen molar-refractivity contribution in [3.63, 3.8) is 0 Å². The summed E-state index contributed by atoms with van der Waals surface area (Å²) in [5.74, 6) is 1.08. The predicted octanol–water partition coefficient (Wildman–Crippen LogP) is 0.592. The van der Waals surface area contributed by atoms with E-state index in [2.05, 4.69) is 21.0 Å². The minimum absolute atomic E-state index is 0.206. The Labute approximate surface area is 112 Å². The lowest BCUT2D eigenvalue weighted by Gasteiger charge is -2.34. The second-order valence-corrected chi connectivity index (χ2v) is 4.87. The van der Waals surface area contributed by atoms with Crippen LogP contribution in [-0.4, -0.2) is 46.9 Å². The number of morpholine rings is 1. The third kappa shape index (κ3) is 2.41. The van der Waals surface area contributed by atoms with E-state index in [0.29, 0.717) is 6.54 Å². The van der Waals surface area contributed by atoms with Gasteiger partial charge in [-0.25, -0.2) is 4.98 Å². The van der Waals surface area contributed by atoms with Crippen LogP contribution in [0.25, 0.3) is 5.65 Å². The summed E-state index contributed by atoms with van der Waals surface area (Å²) in [5.41, 5.74) is 7.51. The molecule has 1 aliphatic rings. The number of hydrogen-bond donors (Lipinski definition) is 1. The first-order valence-corrected chi connectivity index (χ1v) is 6.66. The average molecular weight is 261 g/mol. The van der Waals surface area contributed by atoms with Gasteiger partial charge in [0.2, 0.25) is 0 Å². The predicted molar refractivity (Wildman–Crippen MR) is 73.3 cm³/mol. The summed E-state index contributed by atoms with van der Waals surface area (Å²) in [6.45, 7) is 5.13. The van der Waals surface area contributed by atoms with E-state index in [0.717, 1.165) is 43.3 Å². The lowest BCUT2D eigenvalue weighted by atomic mass is 10.2. The fourth-order valence-corrected chi connectivity index (χ4v) is 2.53. The Morgan fingerprint density at radius 2 is 2.42 bits per heavy atom. The zero-order valence-corrected chi connectivity index (χ0v) is 11.1. The van der Waals surface area contributed by atoms with E-state index in [1.807, 2.05) is 17.5 Å². The summed E-state index contributed by atoms with van der Waals surface area (Å²) in [7, 11) is 0. The van der Waals surface area contributed by atoms with Crippen molar-refractivity contribution >= 4 is 11.5 Å². The van der Waals surface area contributed by atoms with Gasteiger partial charge in [0.15, 0.2) is 5.65 Å². The van der Waals surface area contributed by atoms with Gasteiger partial charge in [0.25, 0.3) is 0 Å². The van der Waals surface area contributed by atoms with Crippen LogP contribution in [-0.2, 0) is 4.74 Å². The molecule has 0 bridgehead atoms. The molecule has 0 aliphatic carbocycles. The number of aromatic nitrogens is 3. The van der Waals surface area contributed by atoms with E-state index in [9.17, 15) is 0 Å². The van der Waals surface area contributed by atoms with Gasteiger partial charge in [-0.1, -0.05) is 0 Å². The van der Waals surface area contributed by atoms with E-state index >= 15 is 0 Å². The highest BCUT2D eigenvalue weighted by molar-refractivity contribution is 5.50. The van der Waals surface area contributed by atoms with E-state index in [1.165, 1.54) is 0 Å². The van der Waals surface area contributed by atoms with Crippen LogP contribution in [0.1, 0.15) is 12.1 Å². The van der Waals surface area contributed by atoms with E-state index in [4.69, 9.17) is 10.5 Å². The number of rotatable bonds is 3. The lowest BCUT2D eigenvalue weighted by molar-refractivity contribution is 0.0365. The Hall–Kier alpha value is -1.66. The molecule has 0 spiro atoms. The summed E-state index contributed by atoms with van der Waals surface area (Å²) in [6.07, 6.45) is 2.88. The molecule has 0 saturated carbocycles. The smallest absolute Gasteiger partial charge is 0.157 e. The first-order chi connectivity index (χ1) is 9.28. The van der Waals surface area contributed by atoms with Crippen molar-refractivity contribution in [3.8, 4) is 0 Å². The number of nitrogens with zero attached hydrogens (tertiary/aromatic N) is 4. The molecule has 3 rings (SSSR count). The van der Waals surface area contributed by atoms with Gasteiger partial charge < -0.3 is 15.4 Å². The van der Waals surface area contributed by atoms with Gasteiger partial charge in [-0.2, -0.15) is 9.61 Å². The maximum absolute atomic E-state index is 5.73. The molecule has 2 N–H and O–H groups in total. The van der Waals surface area contributed by atoms with Crippen molar-refractivity contribution in [2.45, 2.75) is 19.4 Å². The fraction of sp³-hybridized carbons (Fsp3) is 0.538. The molecule has 19 heavy (non-hydrogen) atoms. The number of anilines is 1. The van der Waals surface area contributed by atoms with Crippen LogP contribution in [0.5, 0.6) is 0 Å². The van der Waals surface area contributed by atoms with Crippen molar-refractivity contribution in [1.82, 2.24) is 14.6 Å². The molecular formula is C13H19N5O. The molecular weight excluding hydrogens is 242 g/mol. The van der Waals surface area contributed by atoms with Crippen molar-refractivity contribution in [3.05, 3.63) is 24.0 Å². The molecule has 1 saturated heterocycles. The highest BCUT2D eigenvalue weighted by Gasteiger charge is 2.22.